The van der Waals surface area contributed by atoms with E-state index in [-0.39, 0.29) is 45.3 Å². The van der Waals surface area contributed by atoms with Crippen molar-refractivity contribution in [1.82, 2.24) is 0 Å². The minimum Gasteiger partial charge on any atom is -0.423 e. The zero-order chi connectivity index (χ0) is 41.0. The Balaban J connectivity index is 1.04. The number of benzene rings is 6. The lowest BCUT2D eigenvalue weighted by Crippen LogP contribution is -2.12. The highest BCUT2D eigenvalue weighted by atomic mass is 19.1. The van der Waals surface area contributed by atoms with Crippen molar-refractivity contribution < 1.29 is 46.9 Å². The van der Waals surface area contributed by atoms with Gasteiger partial charge in [0.25, 0.3) is 0 Å². The summed E-state index contributed by atoms with van der Waals surface area (Å²) in [6, 6.07) is 30.3. The summed E-state index contributed by atoms with van der Waals surface area (Å²) in [6.07, 6.45) is 8.39. The third-order valence-corrected chi connectivity index (χ3v) is 9.46. The molecule has 0 bridgehead atoms. The number of carbonyl (C=O) groups excluding carboxylic acids is 4. The van der Waals surface area contributed by atoms with E-state index in [4.69, 9.17) is 18.9 Å². The molecule has 8 nitrogen and oxygen atoms in total. The fourth-order valence-corrected chi connectivity index (χ4v) is 6.17. The number of aryl methyl sites for hydroxylation is 2. The van der Waals surface area contributed by atoms with Crippen LogP contribution in [-0.4, -0.2) is 23.9 Å². The quantitative estimate of drug-likeness (QED) is 0.0543. The third kappa shape index (κ3) is 10.8. The first kappa shape index (κ1) is 41.0. The number of hydrogen-bond donors (Lipinski definition) is 0. The molecule has 0 saturated carbocycles. The van der Waals surface area contributed by atoms with Gasteiger partial charge in [-0.3, -0.25) is 0 Å². The van der Waals surface area contributed by atoms with Crippen LogP contribution in [0.3, 0.4) is 0 Å². The van der Waals surface area contributed by atoms with Crippen LogP contribution in [0.25, 0.3) is 10.8 Å². The summed E-state index contributed by atoms with van der Waals surface area (Å²) in [5.74, 6) is -5.42. The fourth-order valence-electron chi connectivity index (χ4n) is 6.17. The molecule has 0 aromatic heterocycles. The Morgan fingerprint density at radius 1 is 0.414 bits per heavy atom. The highest BCUT2D eigenvalue weighted by molar-refractivity contribution is 5.95. The zero-order valence-corrected chi connectivity index (χ0v) is 32.2. The monoisotopic (exact) mass is 784 g/mol. The summed E-state index contributed by atoms with van der Waals surface area (Å²) >= 11 is 0. The SMILES string of the molecule is CCCCCc1ccc(C(=O)Oc2ccc(C(=O)Oc3ccc4ccc(OC(=O)c5ccc(OC(=O)c6ccc(CCCCC)cc6)c(F)c5)cc4c3)cc2F)cc1. The van der Waals surface area contributed by atoms with Crippen LogP contribution in [-0.2, 0) is 12.8 Å². The van der Waals surface area contributed by atoms with Crippen molar-refractivity contribution in [3.63, 3.8) is 0 Å². The Labute approximate surface area is 335 Å². The van der Waals surface area contributed by atoms with E-state index in [9.17, 15) is 28.0 Å². The van der Waals surface area contributed by atoms with E-state index < -0.39 is 35.5 Å². The molecule has 0 N–H and O–H groups in total. The number of unbranched alkanes of at least 4 members (excludes halogenated alkanes) is 4. The van der Waals surface area contributed by atoms with Crippen LogP contribution in [0.5, 0.6) is 23.0 Å². The molecule has 0 unspecified atom stereocenters. The summed E-state index contributed by atoms with van der Waals surface area (Å²) in [5, 5.41) is 1.27. The van der Waals surface area contributed by atoms with Crippen molar-refractivity contribution in [3.05, 3.63) is 166 Å². The van der Waals surface area contributed by atoms with Gasteiger partial charge in [0.1, 0.15) is 11.5 Å². The number of halogens is 2. The second-order valence-electron chi connectivity index (χ2n) is 13.8. The molecule has 0 aliphatic carbocycles. The van der Waals surface area contributed by atoms with Gasteiger partial charge in [-0.05, 0) is 133 Å². The van der Waals surface area contributed by atoms with E-state index in [1.165, 1.54) is 36.4 Å². The molecule has 0 spiro atoms. The minimum atomic E-state index is -0.918. The van der Waals surface area contributed by atoms with E-state index in [2.05, 4.69) is 13.8 Å². The molecular weight excluding hydrogens is 743 g/mol. The van der Waals surface area contributed by atoms with Crippen molar-refractivity contribution in [2.45, 2.75) is 65.2 Å². The number of hydrogen-bond acceptors (Lipinski definition) is 8. The zero-order valence-electron chi connectivity index (χ0n) is 32.2. The summed E-state index contributed by atoms with van der Waals surface area (Å²) < 4.78 is 51.5. The van der Waals surface area contributed by atoms with Gasteiger partial charge in [-0.2, -0.15) is 0 Å². The Morgan fingerprint density at radius 3 is 1.17 bits per heavy atom. The normalized spacial score (nSPS) is 10.9. The average Bonchev–Trinajstić information content (AvgIpc) is 3.22. The number of carbonyl (C=O) groups is 4. The van der Waals surface area contributed by atoms with Crippen molar-refractivity contribution in [1.29, 1.82) is 0 Å². The lowest BCUT2D eigenvalue weighted by molar-refractivity contribution is 0.0714. The van der Waals surface area contributed by atoms with Crippen LogP contribution in [0.1, 0.15) is 105 Å². The minimum absolute atomic E-state index is 0.114. The van der Waals surface area contributed by atoms with Gasteiger partial charge in [-0.15, -0.1) is 0 Å². The Hall–Kier alpha value is -6.68. The molecule has 0 aliphatic rings. The molecule has 0 atom stereocenters. The molecular formula is C48H42F2O8. The molecule has 58 heavy (non-hydrogen) atoms. The third-order valence-electron chi connectivity index (χ3n) is 9.46. The average molecular weight is 785 g/mol. The van der Waals surface area contributed by atoms with Gasteiger partial charge in [-0.25, -0.2) is 28.0 Å². The highest BCUT2D eigenvalue weighted by Gasteiger charge is 2.19. The van der Waals surface area contributed by atoms with Gasteiger partial charge in [0.2, 0.25) is 0 Å². The number of esters is 4. The van der Waals surface area contributed by atoms with Crippen molar-refractivity contribution in [2.24, 2.45) is 0 Å². The van der Waals surface area contributed by atoms with Crippen LogP contribution < -0.4 is 18.9 Å². The predicted molar refractivity (Wildman–Crippen MR) is 216 cm³/mol. The van der Waals surface area contributed by atoms with Crippen molar-refractivity contribution in [3.8, 4) is 23.0 Å². The van der Waals surface area contributed by atoms with Crippen LogP contribution in [0.4, 0.5) is 8.78 Å². The molecule has 6 rings (SSSR count). The number of rotatable bonds is 16. The van der Waals surface area contributed by atoms with Gasteiger partial charge in [0.15, 0.2) is 23.1 Å². The van der Waals surface area contributed by atoms with E-state index in [0.717, 1.165) is 80.0 Å². The summed E-state index contributed by atoms with van der Waals surface area (Å²) in [7, 11) is 0. The standard InChI is InChI=1S/C48H42F2O8/c1-3-5-7-9-31-11-15-34(16-12-31)45(51)57-43-25-21-36(29-41(43)49)47(53)55-39-23-19-33-20-24-40(28-38(33)27-39)56-48(54)37-22-26-44(42(50)30-37)58-46(52)35-17-13-32(14-18-35)10-8-6-4-2/h11-30H,3-10H2,1-2H3. The van der Waals surface area contributed by atoms with E-state index >= 15 is 0 Å². The lowest BCUT2D eigenvalue weighted by atomic mass is 10.1. The molecule has 6 aromatic carbocycles. The second-order valence-corrected chi connectivity index (χ2v) is 13.8. The fraction of sp³-hybridized carbons (Fsp3) is 0.208. The Kier molecular flexibility index (Phi) is 13.7. The molecule has 0 heterocycles. The molecule has 0 saturated heterocycles. The molecule has 0 fully saturated rings. The smallest absolute Gasteiger partial charge is 0.343 e. The molecule has 10 heteroatoms. The first-order chi connectivity index (χ1) is 28.1. The summed E-state index contributed by atoms with van der Waals surface area (Å²) in [5.41, 5.74) is 2.51. The predicted octanol–water partition coefficient (Wildman–Crippen LogP) is 11.5. The maximum Gasteiger partial charge on any atom is 0.343 e. The van der Waals surface area contributed by atoms with Gasteiger partial charge in [0, 0.05) is 0 Å². The van der Waals surface area contributed by atoms with Gasteiger partial charge in [0.05, 0.1) is 22.3 Å². The van der Waals surface area contributed by atoms with Crippen LogP contribution >= 0.6 is 0 Å². The van der Waals surface area contributed by atoms with Crippen molar-refractivity contribution >= 4 is 34.6 Å². The molecule has 0 aliphatic heterocycles. The highest BCUT2D eigenvalue weighted by Crippen LogP contribution is 2.28. The topological polar surface area (TPSA) is 105 Å². The van der Waals surface area contributed by atoms with Gasteiger partial charge >= 0.3 is 23.9 Å². The molecule has 6 aromatic rings. The molecule has 296 valence electrons. The van der Waals surface area contributed by atoms with Crippen LogP contribution in [0.2, 0.25) is 0 Å². The van der Waals surface area contributed by atoms with E-state index in [0.29, 0.717) is 5.39 Å². The van der Waals surface area contributed by atoms with E-state index in [1.807, 2.05) is 24.3 Å². The van der Waals surface area contributed by atoms with Crippen molar-refractivity contribution in [2.75, 3.05) is 0 Å². The van der Waals surface area contributed by atoms with Gasteiger partial charge in [-0.1, -0.05) is 75.9 Å². The maximum absolute atomic E-state index is 15.0. The second kappa shape index (κ2) is 19.5. The first-order valence-corrected chi connectivity index (χ1v) is 19.3. The molecule has 0 radical (unpaired) electrons. The lowest BCUT2D eigenvalue weighted by Gasteiger charge is -2.10. The van der Waals surface area contributed by atoms with Crippen LogP contribution in [0, 0.1) is 11.6 Å². The largest absolute Gasteiger partial charge is 0.423 e. The molecule has 0 amide bonds. The van der Waals surface area contributed by atoms with E-state index in [1.54, 1.807) is 48.5 Å². The first-order valence-electron chi connectivity index (χ1n) is 19.3. The van der Waals surface area contributed by atoms with Crippen LogP contribution in [0.15, 0.2) is 121 Å². The number of ether oxygens (including phenoxy) is 4. The summed E-state index contributed by atoms with van der Waals surface area (Å²) in [6.45, 7) is 4.26. The number of fused-ring (bicyclic) bond motifs is 1. The summed E-state index contributed by atoms with van der Waals surface area (Å²) in [4.78, 5) is 51.2. The Bertz CT molecular complexity index is 2260. The maximum atomic E-state index is 15.0. The van der Waals surface area contributed by atoms with Gasteiger partial charge < -0.3 is 18.9 Å². The Morgan fingerprint density at radius 2 is 0.793 bits per heavy atom.